The molecule has 0 atom stereocenters. The van der Waals surface area contributed by atoms with Crippen molar-refractivity contribution in [3.05, 3.63) is 29.3 Å². The predicted molar refractivity (Wildman–Crippen MR) is 55.6 cm³/mol. The summed E-state index contributed by atoms with van der Waals surface area (Å²) in [6.45, 7) is 0.609. The Morgan fingerprint density at radius 3 is 2.50 bits per heavy atom. The van der Waals surface area contributed by atoms with E-state index in [2.05, 4.69) is 5.32 Å². The lowest BCUT2D eigenvalue weighted by molar-refractivity contribution is -0.138. The summed E-state index contributed by atoms with van der Waals surface area (Å²) in [5.74, 6) is -0.0785. The number of para-hydroxylation sites is 1. The molecule has 0 unspecified atom stereocenters. The van der Waals surface area contributed by atoms with Gasteiger partial charge < -0.3 is 10.1 Å². The lowest BCUT2D eigenvalue weighted by Gasteiger charge is -2.15. The zero-order chi connectivity index (χ0) is 12.2. The molecule has 5 heteroatoms. The molecule has 0 amide bonds. The zero-order valence-corrected chi connectivity index (χ0v) is 9.19. The molecule has 0 aliphatic heterocycles. The molecule has 0 bridgehead atoms. The summed E-state index contributed by atoms with van der Waals surface area (Å²) in [7, 11) is 3.01. The third-order valence-electron chi connectivity index (χ3n) is 2.25. The molecule has 2 nitrogen and oxygen atoms in total. The quantitative estimate of drug-likeness (QED) is 0.862. The van der Waals surface area contributed by atoms with Crippen LogP contribution in [0.1, 0.15) is 11.1 Å². The Bertz CT molecular complexity index is 350. The Balaban J connectivity index is 3.11. The molecule has 0 spiro atoms. The molecule has 90 valence electrons. The number of benzene rings is 1. The lowest BCUT2D eigenvalue weighted by Crippen LogP contribution is -2.13. The first-order chi connectivity index (χ1) is 7.50. The van der Waals surface area contributed by atoms with E-state index in [4.69, 9.17) is 4.74 Å². The number of hydrogen-bond acceptors (Lipinski definition) is 2. The van der Waals surface area contributed by atoms with Gasteiger partial charge in [-0.15, -0.1) is 0 Å². The Morgan fingerprint density at radius 1 is 1.31 bits per heavy atom. The lowest BCUT2D eigenvalue weighted by atomic mass is 10.1. The van der Waals surface area contributed by atoms with Crippen LogP contribution in [0.15, 0.2) is 18.2 Å². The summed E-state index contributed by atoms with van der Waals surface area (Å²) in [4.78, 5) is 0. The molecule has 1 rings (SSSR count). The van der Waals surface area contributed by atoms with Crippen LogP contribution in [0.5, 0.6) is 5.75 Å². The number of methoxy groups -OCH3 is 1. The predicted octanol–water partition coefficient (Wildman–Crippen LogP) is 2.48. The first-order valence-corrected chi connectivity index (χ1v) is 4.88. The molecule has 0 saturated carbocycles. The van der Waals surface area contributed by atoms with Gasteiger partial charge in [-0.1, -0.05) is 12.1 Å². The zero-order valence-electron chi connectivity index (χ0n) is 9.19. The first-order valence-electron chi connectivity index (χ1n) is 4.88. The van der Waals surface area contributed by atoms with Crippen molar-refractivity contribution < 1.29 is 17.9 Å². The van der Waals surface area contributed by atoms with Crippen LogP contribution in [0, 0.1) is 0 Å². The normalized spacial score (nSPS) is 11.6. The summed E-state index contributed by atoms with van der Waals surface area (Å²) in [6, 6.07) is 4.07. The smallest absolute Gasteiger partial charge is 0.419 e. The van der Waals surface area contributed by atoms with Gasteiger partial charge in [0.05, 0.1) is 12.7 Å². The SMILES string of the molecule is CNCCc1cccc(C(F)(F)F)c1OC. The van der Waals surface area contributed by atoms with Gasteiger partial charge in [-0.05, 0) is 31.6 Å². The van der Waals surface area contributed by atoms with Gasteiger partial charge in [0, 0.05) is 0 Å². The third kappa shape index (κ3) is 2.88. The molecule has 0 aliphatic carbocycles. The van der Waals surface area contributed by atoms with Gasteiger partial charge in [0.1, 0.15) is 5.75 Å². The molecule has 1 aromatic carbocycles. The van der Waals surface area contributed by atoms with Crippen molar-refractivity contribution >= 4 is 0 Å². The molecule has 1 N–H and O–H groups in total. The van der Waals surface area contributed by atoms with Crippen LogP contribution in [0.2, 0.25) is 0 Å². The van der Waals surface area contributed by atoms with Gasteiger partial charge >= 0.3 is 6.18 Å². The maximum atomic E-state index is 12.6. The number of nitrogens with one attached hydrogen (secondary N) is 1. The maximum Gasteiger partial charge on any atom is 0.419 e. The van der Waals surface area contributed by atoms with E-state index in [1.807, 2.05) is 0 Å². The fourth-order valence-electron chi connectivity index (χ4n) is 1.51. The van der Waals surface area contributed by atoms with Crippen LogP contribution in [-0.4, -0.2) is 20.7 Å². The number of ether oxygens (including phenoxy) is 1. The van der Waals surface area contributed by atoms with E-state index in [1.54, 1.807) is 13.1 Å². The van der Waals surface area contributed by atoms with E-state index in [-0.39, 0.29) is 5.75 Å². The largest absolute Gasteiger partial charge is 0.496 e. The van der Waals surface area contributed by atoms with E-state index in [9.17, 15) is 13.2 Å². The minimum Gasteiger partial charge on any atom is -0.496 e. The van der Waals surface area contributed by atoms with Crippen LogP contribution in [0.25, 0.3) is 0 Å². The first kappa shape index (κ1) is 12.8. The van der Waals surface area contributed by atoms with E-state index in [0.29, 0.717) is 18.5 Å². The van der Waals surface area contributed by atoms with Gasteiger partial charge in [0.15, 0.2) is 0 Å². The highest BCUT2D eigenvalue weighted by Gasteiger charge is 2.34. The van der Waals surface area contributed by atoms with E-state index in [1.165, 1.54) is 13.2 Å². The molecule has 0 saturated heterocycles. The highest BCUT2D eigenvalue weighted by Crippen LogP contribution is 2.38. The summed E-state index contributed by atoms with van der Waals surface area (Å²) in [5, 5.41) is 2.89. The topological polar surface area (TPSA) is 21.3 Å². The van der Waals surface area contributed by atoms with E-state index < -0.39 is 11.7 Å². The van der Waals surface area contributed by atoms with Gasteiger partial charge in [0.25, 0.3) is 0 Å². The molecule has 0 fully saturated rings. The molecule has 0 radical (unpaired) electrons. The van der Waals surface area contributed by atoms with E-state index >= 15 is 0 Å². The minimum atomic E-state index is -4.37. The average Bonchev–Trinajstić information content (AvgIpc) is 2.24. The van der Waals surface area contributed by atoms with Crippen LogP contribution >= 0.6 is 0 Å². The van der Waals surface area contributed by atoms with Crippen molar-refractivity contribution in [1.29, 1.82) is 0 Å². The average molecular weight is 233 g/mol. The number of alkyl halides is 3. The van der Waals surface area contributed by atoms with Crippen molar-refractivity contribution in [2.24, 2.45) is 0 Å². The molecule has 0 heterocycles. The van der Waals surface area contributed by atoms with Crippen molar-refractivity contribution in [2.75, 3.05) is 20.7 Å². The second-order valence-corrected chi connectivity index (χ2v) is 3.35. The van der Waals surface area contributed by atoms with Gasteiger partial charge in [-0.25, -0.2) is 0 Å². The Kier molecular flexibility index (Phi) is 4.18. The van der Waals surface area contributed by atoms with Crippen LogP contribution < -0.4 is 10.1 Å². The van der Waals surface area contributed by atoms with E-state index in [0.717, 1.165) is 6.07 Å². The highest BCUT2D eigenvalue weighted by molar-refractivity contribution is 5.43. The second kappa shape index (κ2) is 5.21. The van der Waals surface area contributed by atoms with Crippen molar-refractivity contribution in [3.63, 3.8) is 0 Å². The molecule has 1 aromatic rings. The van der Waals surface area contributed by atoms with Gasteiger partial charge in [0.2, 0.25) is 0 Å². The molecule has 0 aliphatic rings. The number of halogens is 3. The molecule has 0 aromatic heterocycles. The standard InChI is InChI=1S/C11H14F3NO/c1-15-7-6-8-4-3-5-9(10(8)16-2)11(12,13)14/h3-5,15H,6-7H2,1-2H3. The Hall–Kier alpha value is -1.23. The van der Waals surface area contributed by atoms with Crippen molar-refractivity contribution in [3.8, 4) is 5.75 Å². The Morgan fingerprint density at radius 2 is 2.00 bits per heavy atom. The number of rotatable bonds is 4. The Labute approximate surface area is 92.4 Å². The van der Waals surface area contributed by atoms with Crippen LogP contribution in [0.4, 0.5) is 13.2 Å². The van der Waals surface area contributed by atoms with Crippen molar-refractivity contribution in [2.45, 2.75) is 12.6 Å². The maximum absolute atomic E-state index is 12.6. The monoisotopic (exact) mass is 233 g/mol. The number of hydrogen-bond donors (Lipinski definition) is 1. The summed E-state index contributed by atoms with van der Waals surface area (Å²) in [6.07, 6.45) is -3.87. The second-order valence-electron chi connectivity index (χ2n) is 3.35. The highest BCUT2D eigenvalue weighted by atomic mass is 19.4. The van der Waals surface area contributed by atoms with Crippen LogP contribution in [0.3, 0.4) is 0 Å². The minimum absolute atomic E-state index is 0.0785. The summed E-state index contributed by atoms with van der Waals surface area (Å²) < 4.78 is 42.8. The molecule has 16 heavy (non-hydrogen) atoms. The fraction of sp³-hybridized carbons (Fsp3) is 0.455. The third-order valence-corrected chi connectivity index (χ3v) is 2.25. The number of likely N-dealkylation sites (N-methyl/N-ethyl adjacent to an activating group) is 1. The van der Waals surface area contributed by atoms with Crippen molar-refractivity contribution in [1.82, 2.24) is 5.32 Å². The summed E-state index contributed by atoms with van der Waals surface area (Å²) in [5.41, 5.74) is -0.157. The summed E-state index contributed by atoms with van der Waals surface area (Å²) >= 11 is 0. The van der Waals surface area contributed by atoms with Gasteiger partial charge in [-0.3, -0.25) is 0 Å². The molecular weight excluding hydrogens is 219 g/mol. The van der Waals surface area contributed by atoms with Gasteiger partial charge in [-0.2, -0.15) is 13.2 Å². The fourth-order valence-corrected chi connectivity index (χ4v) is 1.51. The van der Waals surface area contributed by atoms with Crippen LogP contribution in [-0.2, 0) is 12.6 Å². The molecular formula is C11H14F3NO.